The second-order valence-electron chi connectivity index (χ2n) is 8.65. The third-order valence-corrected chi connectivity index (χ3v) is 5.52. The number of amides is 1. The fraction of sp³-hybridized carbons (Fsp3) is 0.619. The lowest BCUT2D eigenvalue weighted by molar-refractivity contribution is -0.137. The summed E-state index contributed by atoms with van der Waals surface area (Å²) in [6, 6.07) is 2.71. The number of rotatable bonds is 7. The van der Waals surface area contributed by atoms with E-state index >= 15 is 0 Å². The highest BCUT2D eigenvalue weighted by atomic mass is 32.2. The van der Waals surface area contributed by atoms with Crippen molar-refractivity contribution in [2.24, 2.45) is 4.99 Å². The van der Waals surface area contributed by atoms with Gasteiger partial charge in [0.1, 0.15) is 12.4 Å². The largest absolute Gasteiger partial charge is 0.490 e. The molecule has 1 saturated heterocycles. The van der Waals surface area contributed by atoms with Crippen molar-refractivity contribution in [2.45, 2.75) is 64.0 Å². The molecule has 168 valence electrons. The normalized spacial score (nSPS) is 18.2. The topological polar surface area (TPSA) is 62.1 Å². The molecule has 9 heteroatoms. The average Bonchev–Trinajstić information content (AvgIpc) is 2.89. The maximum Gasteiger partial charge on any atom is 0.416 e. The van der Waals surface area contributed by atoms with Gasteiger partial charge in [0.05, 0.1) is 16.7 Å². The lowest BCUT2D eigenvalue weighted by Crippen LogP contribution is -2.30. The van der Waals surface area contributed by atoms with E-state index in [4.69, 9.17) is 4.74 Å². The molecule has 0 unspecified atom stereocenters. The van der Waals surface area contributed by atoms with Gasteiger partial charge in [0.15, 0.2) is 5.17 Å². The predicted molar refractivity (Wildman–Crippen MR) is 113 cm³/mol. The first-order chi connectivity index (χ1) is 13.7. The van der Waals surface area contributed by atoms with Crippen LogP contribution in [-0.4, -0.2) is 51.1 Å². The molecule has 1 amide bonds. The number of benzene rings is 1. The van der Waals surface area contributed by atoms with E-state index in [2.05, 4.69) is 11.9 Å². The highest BCUT2D eigenvalue weighted by Crippen LogP contribution is 2.37. The number of aliphatic hydroxyl groups is 1. The van der Waals surface area contributed by atoms with Gasteiger partial charge in [0, 0.05) is 17.8 Å². The van der Waals surface area contributed by atoms with E-state index in [-0.39, 0.29) is 22.7 Å². The van der Waals surface area contributed by atoms with Crippen LogP contribution in [0.15, 0.2) is 23.2 Å². The summed E-state index contributed by atoms with van der Waals surface area (Å²) in [7, 11) is 0. The zero-order valence-corrected chi connectivity index (χ0v) is 18.8. The maximum atomic E-state index is 13.2. The van der Waals surface area contributed by atoms with Gasteiger partial charge in [-0.05, 0) is 52.3 Å². The van der Waals surface area contributed by atoms with Crippen LogP contribution in [0.5, 0.6) is 5.75 Å². The van der Waals surface area contributed by atoms with Gasteiger partial charge in [-0.25, -0.2) is 0 Å². The number of hydrogen-bond acceptors (Lipinski definition) is 4. The number of nitrogens with zero attached hydrogens (tertiary/aromatic N) is 2. The first-order valence-electron chi connectivity index (χ1n) is 9.85. The molecule has 1 fully saturated rings. The number of hydrogen-bond donors (Lipinski definition) is 1. The van der Waals surface area contributed by atoms with Crippen LogP contribution in [0.1, 0.15) is 63.4 Å². The predicted octanol–water partition coefficient (Wildman–Crippen LogP) is 4.98. The van der Waals surface area contributed by atoms with Gasteiger partial charge < -0.3 is 14.7 Å². The molecule has 1 N–H and O–H groups in total. The maximum absolute atomic E-state index is 13.2. The van der Waals surface area contributed by atoms with Crippen LogP contribution in [0.2, 0.25) is 0 Å². The first-order valence-corrected chi connectivity index (χ1v) is 10.7. The summed E-state index contributed by atoms with van der Waals surface area (Å²) in [5.74, 6) is -0.838. The van der Waals surface area contributed by atoms with Gasteiger partial charge in [-0.3, -0.25) is 4.79 Å². The molecule has 2 rings (SSSR count). The summed E-state index contributed by atoms with van der Waals surface area (Å²) in [5, 5.41) is 10.4. The minimum absolute atomic E-state index is 0.0400. The van der Waals surface area contributed by atoms with Crippen LogP contribution in [0.3, 0.4) is 0 Å². The zero-order valence-electron chi connectivity index (χ0n) is 18.0. The SMILES string of the molecule is CCCCN1CC(C)(C)S/C1=N\C(=O)c1cc(C(F)(F)F)ccc1OCC(C)(C)O. The Bertz CT molecular complexity index is 802. The molecule has 0 aliphatic carbocycles. The van der Waals surface area contributed by atoms with Crippen LogP contribution in [0.25, 0.3) is 0 Å². The monoisotopic (exact) mass is 446 g/mol. The van der Waals surface area contributed by atoms with Crippen molar-refractivity contribution in [3.05, 3.63) is 29.3 Å². The number of amidine groups is 1. The van der Waals surface area contributed by atoms with Crippen LogP contribution in [0.4, 0.5) is 13.2 Å². The summed E-state index contributed by atoms with van der Waals surface area (Å²) in [6.07, 6.45) is -2.70. The van der Waals surface area contributed by atoms with Crippen LogP contribution in [0, 0.1) is 0 Å². The molecule has 1 aromatic rings. The summed E-state index contributed by atoms with van der Waals surface area (Å²) in [4.78, 5) is 19.1. The third kappa shape index (κ3) is 6.91. The molecular weight excluding hydrogens is 417 g/mol. The molecule has 0 spiro atoms. The minimum atomic E-state index is -4.60. The summed E-state index contributed by atoms with van der Waals surface area (Å²) >= 11 is 1.43. The summed E-state index contributed by atoms with van der Waals surface area (Å²) < 4.78 is 44.9. The van der Waals surface area contributed by atoms with Gasteiger partial charge >= 0.3 is 6.18 Å². The number of aliphatic imine (C=N–C) groups is 1. The molecule has 0 radical (unpaired) electrons. The Morgan fingerprint density at radius 3 is 2.57 bits per heavy atom. The summed E-state index contributed by atoms with van der Waals surface area (Å²) in [5.41, 5.74) is -2.44. The van der Waals surface area contributed by atoms with Gasteiger partial charge in [0.25, 0.3) is 5.91 Å². The van der Waals surface area contributed by atoms with E-state index in [0.717, 1.165) is 37.6 Å². The highest BCUT2D eigenvalue weighted by molar-refractivity contribution is 8.15. The molecular formula is C21H29F3N2O3S. The van der Waals surface area contributed by atoms with Crippen molar-refractivity contribution in [3.63, 3.8) is 0 Å². The number of halogens is 3. The minimum Gasteiger partial charge on any atom is -0.490 e. The van der Waals surface area contributed by atoms with Gasteiger partial charge in [0.2, 0.25) is 0 Å². The molecule has 1 aliphatic rings. The smallest absolute Gasteiger partial charge is 0.416 e. The molecule has 0 atom stereocenters. The number of thioether (sulfide) groups is 1. The second kappa shape index (κ2) is 9.18. The lowest BCUT2D eigenvalue weighted by Gasteiger charge is -2.20. The van der Waals surface area contributed by atoms with Crippen molar-refractivity contribution in [1.29, 1.82) is 0 Å². The number of alkyl halides is 3. The molecule has 1 heterocycles. The fourth-order valence-electron chi connectivity index (χ4n) is 2.89. The van der Waals surface area contributed by atoms with Crippen molar-refractivity contribution >= 4 is 22.8 Å². The number of carbonyl (C=O) groups excluding carboxylic acids is 1. The Morgan fingerprint density at radius 1 is 1.33 bits per heavy atom. The molecule has 1 aliphatic heterocycles. The highest BCUT2D eigenvalue weighted by Gasteiger charge is 2.36. The standard InChI is InChI=1S/C21H29F3N2O3S/c1-6-7-10-26-12-20(4,5)30-18(26)25-17(27)15-11-14(21(22,23)24)8-9-16(15)29-13-19(2,3)28/h8-9,11,28H,6-7,10,12-13H2,1-5H3/b25-18-. The molecule has 1 aromatic carbocycles. The van der Waals surface area contributed by atoms with Crippen LogP contribution < -0.4 is 4.74 Å². The molecule has 0 saturated carbocycles. The first kappa shape index (κ1) is 24.5. The number of unbranched alkanes of at least 4 members (excludes halogenated alkanes) is 1. The van der Waals surface area contributed by atoms with E-state index < -0.39 is 23.2 Å². The van der Waals surface area contributed by atoms with Crippen LogP contribution >= 0.6 is 11.8 Å². The van der Waals surface area contributed by atoms with E-state index in [9.17, 15) is 23.1 Å². The van der Waals surface area contributed by atoms with Crippen molar-refractivity contribution in [3.8, 4) is 5.75 Å². The molecule has 5 nitrogen and oxygen atoms in total. The lowest BCUT2D eigenvalue weighted by atomic mass is 10.1. The second-order valence-corrected chi connectivity index (χ2v) is 10.3. The molecule has 0 aromatic heterocycles. The van der Waals surface area contributed by atoms with Crippen molar-refractivity contribution in [2.75, 3.05) is 19.7 Å². The average molecular weight is 447 g/mol. The van der Waals surface area contributed by atoms with Gasteiger partial charge in [-0.15, -0.1) is 0 Å². The Labute approximate surface area is 179 Å². The summed E-state index contributed by atoms with van der Waals surface area (Å²) in [6.45, 7) is 10.4. The Morgan fingerprint density at radius 2 is 2.00 bits per heavy atom. The van der Waals surface area contributed by atoms with Crippen molar-refractivity contribution in [1.82, 2.24) is 4.90 Å². The Hall–Kier alpha value is -1.74. The van der Waals surface area contributed by atoms with Gasteiger partial charge in [-0.1, -0.05) is 25.1 Å². The Balaban J connectivity index is 2.40. The third-order valence-electron chi connectivity index (χ3n) is 4.31. The van der Waals surface area contributed by atoms with E-state index in [1.807, 2.05) is 18.7 Å². The van der Waals surface area contributed by atoms with E-state index in [1.165, 1.54) is 25.6 Å². The Kier molecular flexibility index (Phi) is 7.50. The number of carbonyl (C=O) groups is 1. The van der Waals surface area contributed by atoms with Crippen molar-refractivity contribution < 1.29 is 27.8 Å². The van der Waals surface area contributed by atoms with E-state index in [1.54, 1.807) is 0 Å². The molecule has 30 heavy (non-hydrogen) atoms. The zero-order chi connectivity index (χ0) is 22.7. The quantitative estimate of drug-likeness (QED) is 0.640. The van der Waals surface area contributed by atoms with Crippen LogP contribution in [-0.2, 0) is 6.18 Å². The molecule has 0 bridgehead atoms. The number of ether oxygens (including phenoxy) is 1. The van der Waals surface area contributed by atoms with E-state index in [0.29, 0.717) is 11.7 Å². The van der Waals surface area contributed by atoms with Gasteiger partial charge in [-0.2, -0.15) is 18.2 Å². The fourth-order valence-corrected chi connectivity index (χ4v) is 4.02.